The van der Waals surface area contributed by atoms with Crippen molar-refractivity contribution in [2.75, 3.05) is 0 Å². The molecule has 0 aromatic heterocycles. The molecule has 0 unspecified atom stereocenters. The Bertz CT molecular complexity index is 392. The second-order valence-corrected chi connectivity index (χ2v) is 5.67. The first-order valence-electron chi connectivity index (χ1n) is 6.69. The number of hydrogen-bond acceptors (Lipinski definition) is 1. The molecule has 2 N–H and O–H groups in total. The molecule has 2 heteroatoms. The average Bonchev–Trinajstić information content (AvgIpc) is 2.29. The van der Waals surface area contributed by atoms with E-state index < -0.39 is 0 Å². The molecule has 0 heterocycles. The summed E-state index contributed by atoms with van der Waals surface area (Å²) in [4.78, 5) is 0. The number of benzene rings is 1. The topological polar surface area (TPSA) is 26.0 Å². The Hall–Kier alpha value is -0.530. The lowest BCUT2D eigenvalue weighted by atomic mass is 9.72. The standard InChI is InChI=1S/C15H22ClN/c1-3-11(4-2)13-7-6-12(10-14(13)16)15(17)8-5-9-15/h6-7,10-11H,3-5,8-9,17H2,1-2H3. The van der Waals surface area contributed by atoms with Crippen LogP contribution in [0.1, 0.15) is 63.0 Å². The van der Waals surface area contributed by atoms with E-state index in [-0.39, 0.29) is 5.54 Å². The van der Waals surface area contributed by atoms with Crippen molar-refractivity contribution in [2.24, 2.45) is 5.73 Å². The average molecular weight is 252 g/mol. The number of rotatable bonds is 4. The summed E-state index contributed by atoms with van der Waals surface area (Å²) in [6, 6.07) is 6.45. The molecule has 1 aliphatic carbocycles. The van der Waals surface area contributed by atoms with Crippen molar-refractivity contribution in [1.29, 1.82) is 0 Å². The van der Waals surface area contributed by atoms with Crippen molar-refractivity contribution < 1.29 is 0 Å². The molecule has 1 aromatic rings. The van der Waals surface area contributed by atoms with Crippen molar-refractivity contribution in [3.05, 3.63) is 34.3 Å². The third-order valence-corrected chi connectivity index (χ3v) is 4.57. The lowest BCUT2D eigenvalue weighted by Gasteiger charge is -2.39. The Morgan fingerprint density at radius 1 is 1.29 bits per heavy atom. The second-order valence-electron chi connectivity index (χ2n) is 5.26. The van der Waals surface area contributed by atoms with Gasteiger partial charge in [0.1, 0.15) is 0 Å². The van der Waals surface area contributed by atoms with Gasteiger partial charge in [0.05, 0.1) is 0 Å². The third-order valence-electron chi connectivity index (χ3n) is 4.25. The number of hydrogen-bond donors (Lipinski definition) is 1. The highest BCUT2D eigenvalue weighted by Gasteiger charge is 2.34. The van der Waals surface area contributed by atoms with E-state index in [9.17, 15) is 0 Å². The summed E-state index contributed by atoms with van der Waals surface area (Å²) in [6.07, 6.45) is 5.70. The predicted octanol–water partition coefficient (Wildman–Crippen LogP) is 4.58. The first-order chi connectivity index (χ1) is 8.10. The molecule has 17 heavy (non-hydrogen) atoms. The first kappa shape index (κ1) is 12.9. The molecule has 1 aromatic carbocycles. The number of halogens is 1. The molecular weight excluding hydrogens is 230 g/mol. The molecule has 2 rings (SSSR count). The highest BCUT2D eigenvalue weighted by Crippen LogP contribution is 2.41. The van der Waals surface area contributed by atoms with Crippen molar-refractivity contribution in [2.45, 2.75) is 57.4 Å². The van der Waals surface area contributed by atoms with Crippen LogP contribution >= 0.6 is 11.6 Å². The normalized spacial score (nSPS) is 18.2. The second kappa shape index (κ2) is 4.99. The molecule has 94 valence electrons. The van der Waals surface area contributed by atoms with Gasteiger partial charge < -0.3 is 5.73 Å². The van der Waals surface area contributed by atoms with E-state index in [4.69, 9.17) is 17.3 Å². The summed E-state index contributed by atoms with van der Waals surface area (Å²) < 4.78 is 0. The zero-order chi connectivity index (χ0) is 12.5. The van der Waals surface area contributed by atoms with E-state index in [2.05, 4.69) is 32.0 Å². The van der Waals surface area contributed by atoms with Gasteiger partial charge in [-0.1, -0.05) is 37.6 Å². The molecule has 1 saturated carbocycles. The summed E-state index contributed by atoms with van der Waals surface area (Å²) in [5.41, 5.74) is 8.72. The molecule has 1 fully saturated rings. The maximum atomic E-state index is 6.41. The van der Waals surface area contributed by atoms with Gasteiger partial charge in [-0.05, 0) is 55.2 Å². The molecule has 0 aliphatic heterocycles. The van der Waals surface area contributed by atoms with Crippen LogP contribution in [-0.4, -0.2) is 0 Å². The van der Waals surface area contributed by atoms with Crippen LogP contribution < -0.4 is 5.73 Å². The molecule has 0 atom stereocenters. The summed E-state index contributed by atoms with van der Waals surface area (Å²) >= 11 is 6.41. The third kappa shape index (κ3) is 2.36. The van der Waals surface area contributed by atoms with Crippen LogP contribution in [0.3, 0.4) is 0 Å². The van der Waals surface area contributed by atoms with Gasteiger partial charge in [0.15, 0.2) is 0 Å². The zero-order valence-corrected chi connectivity index (χ0v) is 11.6. The van der Waals surface area contributed by atoms with Crippen LogP contribution in [0.4, 0.5) is 0 Å². The van der Waals surface area contributed by atoms with E-state index in [1.54, 1.807) is 0 Å². The van der Waals surface area contributed by atoms with Gasteiger partial charge in [0.25, 0.3) is 0 Å². The fourth-order valence-corrected chi connectivity index (χ4v) is 3.08. The van der Waals surface area contributed by atoms with Crippen LogP contribution in [0.2, 0.25) is 5.02 Å². The van der Waals surface area contributed by atoms with Crippen LogP contribution in [0.5, 0.6) is 0 Å². The van der Waals surface area contributed by atoms with Gasteiger partial charge in [-0.25, -0.2) is 0 Å². The minimum absolute atomic E-state index is 0.101. The van der Waals surface area contributed by atoms with Crippen LogP contribution in [-0.2, 0) is 5.54 Å². The molecule has 0 bridgehead atoms. The van der Waals surface area contributed by atoms with Gasteiger partial charge in [-0.3, -0.25) is 0 Å². The Balaban J connectivity index is 2.28. The summed E-state index contributed by atoms with van der Waals surface area (Å²) in [5.74, 6) is 0.576. The van der Waals surface area contributed by atoms with Gasteiger partial charge >= 0.3 is 0 Å². The maximum Gasteiger partial charge on any atom is 0.0444 e. The van der Waals surface area contributed by atoms with E-state index in [0.717, 1.165) is 30.7 Å². The Morgan fingerprint density at radius 2 is 1.94 bits per heavy atom. The number of nitrogens with two attached hydrogens (primary N) is 1. The summed E-state index contributed by atoms with van der Waals surface area (Å²) in [7, 11) is 0. The summed E-state index contributed by atoms with van der Waals surface area (Å²) in [6.45, 7) is 4.43. The van der Waals surface area contributed by atoms with Crippen molar-refractivity contribution in [3.63, 3.8) is 0 Å². The minimum atomic E-state index is -0.101. The van der Waals surface area contributed by atoms with Gasteiger partial charge in [0, 0.05) is 10.6 Å². The largest absolute Gasteiger partial charge is 0.321 e. The van der Waals surface area contributed by atoms with E-state index in [0.29, 0.717) is 5.92 Å². The molecule has 0 saturated heterocycles. The SMILES string of the molecule is CCC(CC)c1ccc(C2(N)CCC2)cc1Cl. The van der Waals surface area contributed by atoms with E-state index >= 15 is 0 Å². The van der Waals surface area contributed by atoms with E-state index in [1.807, 2.05) is 0 Å². The highest BCUT2D eigenvalue weighted by atomic mass is 35.5. The van der Waals surface area contributed by atoms with Gasteiger partial charge in [0.2, 0.25) is 0 Å². The molecule has 0 amide bonds. The zero-order valence-electron chi connectivity index (χ0n) is 10.8. The van der Waals surface area contributed by atoms with Crippen LogP contribution in [0.25, 0.3) is 0 Å². The molecule has 1 nitrogen and oxygen atoms in total. The maximum absolute atomic E-state index is 6.41. The monoisotopic (exact) mass is 251 g/mol. The molecule has 1 aliphatic rings. The molecule has 0 radical (unpaired) electrons. The fourth-order valence-electron chi connectivity index (χ4n) is 2.74. The quantitative estimate of drug-likeness (QED) is 0.833. The van der Waals surface area contributed by atoms with Gasteiger partial charge in [-0.15, -0.1) is 0 Å². The Labute approximate surface area is 109 Å². The first-order valence-corrected chi connectivity index (χ1v) is 7.07. The molecule has 0 spiro atoms. The predicted molar refractivity (Wildman–Crippen MR) is 74.5 cm³/mol. The Kier molecular flexibility index (Phi) is 3.79. The highest BCUT2D eigenvalue weighted by molar-refractivity contribution is 6.31. The fraction of sp³-hybridized carbons (Fsp3) is 0.600. The lowest BCUT2D eigenvalue weighted by molar-refractivity contribution is 0.253. The summed E-state index contributed by atoms with van der Waals surface area (Å²) in [5, 5.41) is 0.896. The van der Waals surface area contributed by atoms with E-state index in [1.165, 1.54) is 17.5 Å². The lowest BCUT2D eigenvalue weighted by Crippen LogP contribution is -2.43. The minimum Gasteiger partial charge on any atom is -0.321 e. The van der Waals surface area contributed by atoms with Gasteiger partial charge in [-0.2, -0.15) is 0 Å². The Morgan fingerprint density at radius 3 is 2.35 bits per heavy atom. The van der Waals surface area contributed by atoms with Crippen molar-refractivity contribution in [3.8, 4) is 0 Å². The smallest absolute Gasteiger partial charge is 0.0444 e. The van der Waals surface area contributed by atoms with Crippen molar-refractivity contribution in [1.82, 2.24) is 0 Å². The van der Waals surface area contributed by atoms with Crippen LogP contribution in [0, 0.1) is 0 Å². The van der Waals surface area contributed by atoms with Crippen molar-refractivity contribution >= 4 is 11.6 Å². The molecular formula is C15H22ClN. The van der Waals surface area contributed by atoms with Crippen LogP contribution in [0.15, 0.2) is 18.2 Å².